The Morgan fingerprint density at radius 2 is 1.77 bits per heavy atom. The number of anilines is 1. The third-order valence-electron chi connectivity index (χ3n) is 4.87. The van der Waals surface area contributed by atoms with Gasteiger partial charge in [-0.1, -0.05) is 41.4 Å². The van der Waals surface area contributed by atoms with Crippen LogP contribution < -0.4 is 4.90 Å². The van der Waals surface area contributed by atoms with Gasteiger partial charge in [-0.25, -0.2) is 17.8 Å². The summed E-state index contributed by atoms with van der Waals surface area (Å²) in [6, 6.07) is 11.2. The summed E-state index contributed by atoms with van der Waals surface area (Å²) >= 11 is 13.3. The van der Waals surface area contributed by atoms with E-state index in [4.69, 9.17) is 23.2 Å². The highest BCUT2D eigenvalue weighted by molar-refractivity contribution is 7.89. The molecule has 10 heteroatoms. The van der Waals surface area contributed by atoms with Crippen molar-refractivity contribution in [1.82, 2.24) is 9.29 Å². The molecule has 3 aromatic rings. The molecule has 1 fully saturated rings. The van der Waals surface area contributed by atoms with Gasteiger partial charge in [0.2, 0.25) is 10.0 Å². The van der Waals surface area contributed by atoms with Crippen molar-refractivity contribution in [2.75, 3.05) is 31.1 Å². The molecule has 0 amide bonds. The number of benzene rings is 2. The van der Waals surface area contributed by atoms with E-state index in [0.29, 0.717) is 32.6 Å². The fourth-order valence-corrected chi connectivity index (χ4v) is 6.21. The van der Waals surface area contributed by atoms with Gasteiger partial charge in [-0.15, -0.1) is 11.3 Å². The number of aromatic nitrogens is 1. The van der Waals surface area contributed by atoms with Gasteiger partial charge in [0.05, 0.1) is 15.7 Å². The molecule has 4 rings (SSSR count). The number of hydrogen-bond donors (Lipinski definition) is 0. The number of sulfonamides is 1. The van der Waals surface area contributed by atoms with Crippen LogP contribution in [-0.4, -0.2) is 43.9 Å². The molecule has 1 saturated heterocycles. The van der Waals surface area contributed by atoms with Gasteiger partial charge < -0.3 is 4.90 Å². The van der Waals surface area contributed by atoms with Gasteiger partial charge in [0.1, 0.15) is 10.7 Å². The average Bonchev–Trinajstić information content (AvgIpc) is 3.19. The van der Waals surface area contributed by atoms with Gasteiger partial charge in [-0.3, -0.25) is 0 Å². The number of piperazine rings is 1. The molecule has 0 saturated carbocycles. The Balaban J connectivity index is 1.41. The van der Waals surface area contributed by atoms with E-state index < -0.39 is 15.8 Å². The van der Waals surface area contributed by atoms with E-state index in [2.05, 4.69) is 9.88 Å². The molecular formula is C20H18Cl2FN3O2S2. The van der Waals surface area contributed by atoms with Crippen molar-refractivity contribution in [2.24, 2.45) is 0 Å². The number of rotatable bonds is 5. The van der Waals surface area contributed by atoms with Crippen molar-refractivity contribution in [3.63, 3.8) is 0 Å². The molecule has 1 aliphatic rings. The average molecular weight is 486 g/mol. The van der Waals surface area contributed by atoms with Crippen molar-refractivity contribution in [3.8, 4) is 0 Å². The molecule has 158 valence electrons. The van der Waals surface area contributed by atoms with E-state index in [-0.39, 0.29) is 14.9 Å². The predicted molar refractivity (Wildman–Crippen MR) is 119 cm³/mol. The molecular weight excluding hydrogens is 468 g/mol. The lowest BCUT2D eigenvalue weighted by molar-refractivity contribution is 0.384. The van der Waals surface area contributed by atoms with Crippen LogP contribution >= 0.6 is 34.5 Å². The van der Waals surface area contributed by atoms with E-state index in [1.165, 1.54) is 33.8 Å². The number of thiazole rings is 1. The van der Waals surface area contributed by atoms with Crippen LogP contribution in [0.5, 0.6) is 0 Å². The van der Waals surface area contributed by atoms with Gasteiger partial charge in [0, 0.05) is 38.0 Å². The van der Waals surface area contributed by atoms with Gasteiger partial charge in [0.15, 0.2) is 5.13 Å². The van der Waals surface area contributed by atoms with Gasteiger partial charge in [-0.05, 0) is 29.8 Å². The molecule has 1 aromatic heterocycles. The fourth-order valence-electron chi connectivity index (χ4n) is 3.29. The summed E-state index contributed by atoms with van der Waals surface area (Å²) in [5.74, 6) is -0.444. The highest BCUT2D eigenvalue weighted by Crippen LogP contribution is 2.28. The van der Waals surface area contributed by atoms with Crippen LogP contribution in [0.2, 0.25) is 10.0 Å². The van der Waals surface area contributed by atoms with Crippen molar-refractivity contribution in [3.05, 3.63) is 75.0 Å². The highest BCUT2D eigenvalue weighted by atomic mass is 35.5. The molecule has 0 radical (unpaired) electrons. The molecule has 0 bridgehead atoms. The van der Waals surface area contributed by atoms with Crippen LogP contribution in [0.3, 0.4) is 0 Å². The minimum Gasteiger partial charge on any atom is -0.345 e. The van der Waals surface area contributed by atoms with Gasteiger partial charge in [0.25, 0.3) is 0 Å². The molecule has 0 unspecified atom stereocenters. The third kappa shape index (κ3) is 4.48. The maximum atomic E-state index is 13.6. The Morgan fingerprint density at radius 3 is 2.47 bits per heavy atom. The molecule has 1 aliphatic heterocycles. The zero-order valence-electron chi connectivity index (χ0n) is 15.8. The largest absolute Gasteiger partial charge is 0.345 e. The second-order valence-corrected chi connectivity index (χ2v) is 10.4. The lowest BCUT2D eigenvalue weighted by Crippen LogP contribution is -2.48. The minimum absolute atomic E-state index is 0.0994. The number of hydrogen-bond acceptors (Lipinski definition) is 5. The van der Waals surface area contributed by atoms with Crippen molar-refractivity contribution in [1.29, 1.82) is 0 Å². The first-order chi connectivity index (χ1) is 14.3. The van der Waals surface area contributed by atoms with Crippen LogP contribution in [-0.2, 0) is 16.4 Å². The Bertz CT molecular complexity index is 1160. The molecule has 0 aliphatic carbocycles. The summed E-state index contributed by atoms with van der Waals surface area (Å²) < 4.78 is 40.9. The van der Waals surface area contributed by atoms with Crippen LogP contribution in [0, 0.1) is 5.82 Å². The van der Waals surface area contributed by atoms with Crippen LogP contribution in [0.25, 0.3) is 0 Å². The van der Waals surface area contributed by atoms with E-state index in [9.17, 15) is 12.8 Å². The van der Waals surface area contributed by atoms with Gasteiger partial charge in [-0.2, -0.15) is 4.31 Å². The monoisotopic (exact) mass is 485 g/mol. The summed E-state index contributed by atoms with van der Waals surface area (Å²) in [6.45, 7) is 1.77. The lowest BCUT2D eigenvalue weighted by atomic mass is 10.1. The summed E-state index contributed by atoms with van der Waals surface area (Å²) in [5.41, 5.74) is 1.63. The van der Waals surface area contributed by atoms with E-state index in [1.54, 1.807) is 24.3 Å². The Morgan fingerprint density at radius 1 is 1.03 bits per heavy atom. The molecule has 0 atom stereocenters. The second kappa shape index (κ2) is 8.80. The van der Waals surface area contributed by atoms with E-state index in [0.717, 1.165) is 16.4 Å². The summed E-state index contributed by atoms with van der Waals surface area (Å²) in [4.78, 5) is 6.84. The Hall–Kier alpha value is -1.71. The second-order valence-electron chi connectivity index (χ2n) is 6.87. The first-order valence-electron chi connectivity index (χ1n) is 9.22. The lowest BCUT2D eigenvalue weighted by Gasteiger charge is -2.33. The van der Waals surface area contributed by atoms with E-state index in [1.807, 2.05) is 5.38 Å². The first-order valence-corrected chi connectivity index (χ1v) is 12.3. The molecule has 30 heavy (non-hydrogen) atoms. The Labute approximate surface area is 188 Å². The summed E-state index contributed by atoms with van der Waals surface area (Å²) in [6.07, 6.45) is 0.505. The quantitative estimate of drug-likeness (QED) is 0.525. The van der Waals surface area contributed by atoms with Crippen LogP contribution in [0.15, 0.2) is 52.7 Å². The van der Waals surface area contributed by atoms with Crippen molar-refractivity contribution in [2.45, 2.75) is 11.3 Å². The van der Waals surface area contributed by atoms with Crippen LogP contribution in [0.4, 0.5) is 9.52 Å². The van der Waals surface area contributed by atoms with Crippen molar-refractivity contribution >= 4 is 49.7 Å². The summed E-state index contributed by atoms with van der Waals surface area (Å²) in [7, 11) is -3.63. The third-order valence-corrected chi connectivity index (χ3v) is 8.53. The van der Waals surface area contributed by atoms with Crippen molar-refractivity contribution < 1.29 is 12.8 Å². The molecule has 0 spiro atoms. The maximum Gasteiger partial charge on any atom is 0.244 e. The SMILES string of the molecule is O=S(=O)(c1ccccc1Cl)N1CCN(c2nc(Cc3ccc(Cl)c(F)c3)cs2)CC1. The smallest absolute Gasteiger partial charge is 0.244 e. The topological polar surface area (TPSA) is 53.5 Å². The first kappa shape index (κ1) is 21.5. The predicted octanol–water partition coefficient (Wildman–Crippen LogP) is 4.69. The number of halogens is 3. The normalized spacial score (nSPS) is 15.5. The zero-order valence-corrected chi connectivity index (χ0v) is 18.9. The van der Waals surface area contributed by atoms with E-state index >= 15 is 0 Å². The molecule has 5 nitrogen and oxygen atoms in total. The van der Waals surface area contributed by atoms with Gasteiger partial charge >= 0.3 is 0 Å². The molecule has 2 heterocycles. The standard InChI is InChI=1S/C20H18Cl2FN3O2S2/c21-16-6-5-14(12-18(16)23)11-15-13-29-20(24-15)25-7-9-26(10-8-25)30(27,28)19-4-2-1-3-17(19)22/h1-6,12-13H,7-11H2. The summed E-state index contributed by atoms with van der Waals surface area (Å²) in [5, 5.41) is 3.09. The fraction of sp³-hybridized carbons (Fsp3) is 0.250. The Kier molecular flexibility index (Phi) is 6.31. The molecule has 2 aromatic carbocycles. The maximum absolute atomic E-state index is 13.6. The number of nitrogens with zero attached hydrogens (tertiary/aromatic N) is 3. The minimum atomic E-state index is -3.63. The van der Waals surface area contributed by atoms with Crippen LogP contribution in [0.1, 0.15) is 11.3 Å². The zero-order chi connectivity index (χ0) is 21.3. The molecule has 0 N–H and O–H groups in total. The highest BCUT2D eigenvalue weighted by Gasteiger charge is 2.30.